The topological polar surface area (TPSA) is 90.8 Å². The summed E-state index contributed by atoms with van der Waals surface area (Å²) in [4.78, 5) is 29.7. The zero-order valence-corrected chi connectivity index (χ0v) is 17.3. The van der Waals surface area contributed by atoms with Crippen LogP contribution in [0, 0.1) is 0 Å². The molecule has 0 aliphatic rings. The average Bonchev–Trinajstić information content (AvgIpc) is 2.73. The molecule has 0 bridgehead atoms. The minimum absolute atomic E-state index is 0.0676. The van der Waals surface area contributed by atoms with E-state index in [0.717, 1.165) is 9.04 Å². The first kappa shape index (κ1) is 21.5. The second-order valence-electron chi connectivity index (χ2n) is 6.18. The molecule has 0 unspecified atom stereocenters. The number of pyridine rings is 1. The van der Waals surface area contributed by atoms with Gasteiger partial charge < -0.3 is 4.74 Å². The van der Waals surface area contributed by atoms with Crippen LogP contribution in [-0.2, 0) is 18.3 Å². The lowest BCUT2D eigenvalue weighted by Crippen LogP contribution is -2.39. The largest absolute Gasteiger partial charge is 0.470 e. The van der Waals surface area contributed by atoms with Crippen molar-refractivity contribution in [2.75, 3.05) is 6.61 Å². The van der Waals surface area contributed by atoms with Gasteiger partial charge in [-0.05, 0) is 30.3 Å². The van der Waals surface area contributed by atoms with Crippen molar-refractivity contribution in [3.63, 3.8) is 0 Å². The molecule has 0 atom stereocenters. The molecule has 1 aromatic carbocycles. The highest BCUT2D eigenvalue weighted by Gasteiger charge is 2.14. The van der Waals surface area contributed by atoms with Crippen molar-refractivity contribution >= 4 is 39.4 Å². The summed E-state index contributed by atoms with van der Waals surface area (Å²) in [5, 5.41) is 7.27. The van der Waals surface area contributed by atoms with E-state index in [1.54, 1.807) is 25.2 Å². The Hall–Kier alpha value is -3.21. The molecule has 0 aliphatic carbocycles. The van der Waals surface area contributed by atoms with Crippen LogP contribution < -0.4 is 11.2 Å². The zero-order chi connectivity index (χ0) is 21.8. The number of aromatic nitrogens is 3. The second-order valence-corrected chi connectivity index (χ2v) is 7.10. The van der Waals surface area contributed by atoms with Gasteiger partial charge in [0.2, 0.25) is 5.90 Å². The molecular formula is C19H16BrF2N5O3. The number of nitrogens with zero attached hydrogens (tertiary/aromatic N) is 5. The fourth-order valence-electron chi connectivity index (χ4n) is 2.80. The van der Waals surface area contributed by atoms with Crippen LogP contribution in [0.1, 0.15) is 11.3 Å². The van der Waals surface area contributed by atoms with Gasteiger partial charge in [-0.3, -0.25) is 18.9 Å². The van der Waals surface area contributed by atoms with Crippen LogP contribution in [0.5, 0.6) is 0 Å². The first-order chi connectivity index (χ1) is 14.3. The highest BCUT2D eigenvalue weighted by Crippen LogP contribution is 2.15. The third-order valence-corrected chi connectivity index (χ3v) is 4.71. The summed E-state index contributed by atoms with van der Waals surface area (Å²) in [6.45, 7) is 2.26. The van der Waals surface area contributed by atoms with Crippen molar-refractivity contribution in [2.24, 2.45) is 17.3 Å². The number of alkyl halides is 2. The predicted octanol–water partition coefficient (Wildman–Crippen LogP) is 2.55. The minimum Gasteiger partial charge on any atom is -0.470 e. The Morgan fingerprint density at radius 2 is 2.07 bits per heavy atom. The molecule has 3 rings (SSSR count). The SMILES string of the molecule is C=N/N=C(\OCC(F)F)c1ccc(Cn2c(=O)c3ccc(Br)cc3n(C)c2=O)nc1. The van der Waals surface area contributed by atoms with Gasteiger partial charge in [0.1, 0.15) is 0 Å². The molecule has 2 aromatic heterocycles. The van der Waals surface area contributed by atoms with E-state index in [1.165, 1.54) is 22.9 Å². The molecule has 30 heavy (non-hydrogen) atoms. The molecule has 2 heterocycles. The van der Waals surface area contributed by atoms with Gasteiger partial charge in [-0.1, -0.05) is 15.9 Å². The second kappa shape index (κ2) is 9.08. The molecule has 0 fully saturated rings. The van der Waals surface area contributed by atoms with Gasteiger partial charge in [-0.15, -0.1) is 5.10 Å². The molecule has 0 saturated carbocycles. The minimum atomic E-state index is -2.68. The van der Waals surface area contributed by atoms with Gasteiger partial charge in [0.05, 0.1) is 28.7 Å². The number of hydrogen-bond donors (Lipinski definition) is 0. The fourth-order valence-corrected chi connectivity index (χ4v) is 3.15. The molecule has 156 valence electrons. The van der Waals surface area contributed by atoms with Crippen LogP contribution in [0.2, 0.25) is 0 Å². The van der Waals surface area contributed by atoms with Crippen LogP contribution in [0.25, 0.3) is 10.9 Å². The van der Waals surface area contributed by atoms with E-state index in [1.807, 2.05) is 0 Å². The van der Waals surface area contributed by atoms with Crippen LogP contribution in [-0.4, -0.2) is 39.8 Å². The number of rotatable bonds is 6. The Balaban J connectivity index is 1.94. The maximum Gasteiger partial charge on any atom is 0.331 e. The van der Waals surface area contributed by atoms with Crippen molar-refractivity contribution < 1.29 is 13.5 Å². The van der Waals surface area contributed by atoms with E-state index in [-0.39, 0.29) is 12.4 Å². The quantitative estimate of drug-likeness (QED) is 0.308. The summed E-state index contributed by atoms with van der Waals surface area (Å²) in [6.07, 6.45) is -1.35. The van der Waals surface area contributed by atoms with E-state index in [0.29, 0.717) is 22.2 Å². The number of fused-ring (bicyclic) bond motifs is 1. The molecule has 0 radical (unpaired) electrons. The van der Waals surface area contributed by atoms with Crippen molar-refractivity contribution in [3.8, 4) is 0 Å². The van der Waals surface area contributed by atoms with Crippen LogP contribution in [0.3, 0.4) is 0 Å². The number of aryl methyl sites for hydroxylation is 1. The van der Waals surface area contributed by atoms with Gasteiger partial charge in [0, 0.05) is 24.4 Å². The summed E-state index contributed by atoms with van der Waals surface area (Å²) in [7, 11) is 1.58. The molecule has 11 heteroatoms. The van der Waals surface area contributed by atoms with Crippen molar-refractivity contribution in [2.45, 2.75) is 13.0 Å². The molecule has 0 saturated heterocycles. The molecule has 3 aromatic rings. The van der Waals surface area contributed by atoms with E-state index >= 15 is 0 Å². The summed E-state index contributed by atoms with van der Waals surface area (Å²) in [5.41, 5.74) is 0.289. The third kappa shape index (κ3) is 4.51. The zero-order valence-electron chi connectivity index (χ0n) is 15.8. The van der Waals surface area contributed by atoms with Gasteiger partial charge in [-0.2, -0.15) is 5.10 Å². The Morgan fingerprint density at radius 1 is 1.30 bits per heavy atom. The number of halogens is 3. The lowest BCUT2D eigenvalue weighted by atomic mass is 10.2. The van der Waals surface area contributed by atoms with Gasteiger partial charge >= 0.3 is 5.69 Å². The summed E-state index contributed by atoms with van der Waals surface area (Å²) in [5.74, 6) is -0.159. The standard InChI is InChI=1S/C19H16BrF2N5O3/c1-23-25-17(30-10-16(21)22)11-3-5-13(24-8-11)9-27-18(28)14-6-4-12(20)7-15(14)26(2)19(27)29/h3-8,16H,1,9-10H2,2H3/b25-17-. The molecule has 0 spiro atoms. The van der Waals surface area contributed by atoms with E-state index in [2.05, 4.69) is 37.8 Å². The van der Waals surface area contributed by atoms with Crippen LogP contribution in [0.4, 0.5) is 8.78 Å². The number of hydrogen-bond acceptors (Lipinski definition) is 6. The van der Waals surface area contributed by atoms with E-state index in [4.69, 9.17) is 4.74 Å². The Bertz CT molecular complexity index is 1240. The highest BCUT2D eigenvalue weighted by molar-refractivity contribution is 9.10. The van der Waals surface area contributed by atoms with Crippen molar-refractivity contribution in [1.82, 2.24) is 14.1 Å². The lowest BCUT2D eigenvalue weighted by Gasteiger charge is -2.11. The maximum absolute atomic E-state index is 12.8. The van der Waals surface area contributed by atoms with Crippen molar-refractivity contribution in [1.29, 1.82) is 0 Å². The Kier molecular flexibility index (Phi) is 6.50. The smallest absolute Gasteiger partial charge is 0.331 e. The Labute approximate surface area is 177 Å². The summed E-state index contributed by atoms with van der Waals surface area (Å²) >= 11 is 3.33. The third-order valence-electron chi connectivity index (χ3n) is 4.21. The monoisotopic (exact) mass is 479 g/mol. The average molecular weight is 480 g/mol. The molecule has 8 nitrogen and oxygen atoms in total. The summed E-state index contributed by atoms with van der Waals surface area (Å²) < 4.78 is 32.9. The molecular weight excluding hydrogens is 464 g/mol. The number of ether oxygens (including phenoxy) is 1. The number of benzene rings is 1. The first-order valence-electron chi connectivity index (χ1n) is 8.61. The fraction of sp³-hybridized carbons (Fsp3) is 0.211. The maximum atomic E-state index is 12.8. The normalized spacial score (nSPS) is 11.8. The predicted molar refractivity (Wildman–Crippen MR) is 113 cm³/mol. The van der Waals surface area contributed by atoms with Gasteiger partial charge in [0.25, 0.3) is 12.0 Å². The van der Waals surface area contributed by atoms with E-state index < -0.39 is 24.3 Å². The Morgan fingerprint density at radius 3 is 2.70 bits per heavy atom. The van der Waals surface area contributed by atoms with Gasteiger partial charge in [-0.25, -0.2) is 13.6 Å². The molecule has 0 aliphatic heterocycles. The lowest BCUT2D eigenvalue weighted by molar-refractivity contribution is 0.0765. The molecule has 0 amide bonds. The van der Waals surface area contributed by atoms with Crippen LogP contribution in [0.15, 0.2) is 60.8 Å². The van der Waals surface area contributed by atoms with Crippen LogP contribution >= 0.6 is 15.9 Å². The van der Waals surface area contributed by atoms with E-state index in [9.17, 15) is 18.4 Å². The van der Waals surface area contributed by atoms with Crippen molar-refractivity contribution in [3.05, 3.63) is 73.1 Å². The highest BCUT2D eigenvalue weighted by atomic mass is 79.9. The van der Waals surface area contributed by atoms with Gasteiger partial charge in [0.15, 0.2) is 6.61 Å². The first-order valence-corrected chi connectivity index (χ1v) is 9.40. The summed E-state index contributed by atoms with van der Waals surface area (Å²) in [6, 6.07) is 8.12. The molecule has 0 N–H and O–H groups in total.